The van der Waals surface area contributed by atoms with Crippen LogP contribution in [0, 0.1) is 12.7 Å². The van der Waals surface area contributed by atoms with E-state index in [0.717, 1.165) is 6.54 Å². The summed E-state index contributed by atoms with van der Waals surface area (Å²) in [4.78, 5) is 11.8. The van der Waals surface area contributed by atoms with Gasteiger partial charge in [-0.1, -0.05) is 6.07 Å². The molecule has 0 spiro atoms. The molecule has 1 fully saturated rings. The molecule has 0 saturated carbocycles. The fraction of sp³-hybridized carbons (Fsp3) is 0.417. The highest BCUT2D eigenvalue weighted by Gasteiger charge is 2.22. The second-order valence-electron chi connectivity index (χ2n) is 3.97. The number of hydrogen-bond acceptors (Lipinski definition) is 3. The first-order chi connectivity index (χ1) is 8.18. The Balaban J connectivity index is 2.04. The SMILES string of the molecule is Cc1c(F)cccc1NC(=O)C1CNCCO1. The fourth-order valence-corrected chi connectivity index (χ4v) is 1.69. The number of hydrogen-bond donors (Lipinski definition) is 2. The van der Waals surface area contributed by atoms with Gasteiger partial charge in [-0.15, -0.1) is 0 Å². The van der Waals surface area contributed by atoms with Gasteiger partial charge in [0.05, 0.1) is 6.61 Å². The molecule has 0 bridgehead atoms. The molecule has 1 aliphatic rings. The van der Waals surface area contributed by atoms with Gasteiger partial charge in [0.25, 0.3) is 5.91 Å². The predicted molar refractivity (Wildman–Crippen MR) is 62.4 cm³/mol. The summed E-state index contributed by atoms with van der Waals surface area (Å²) < 4.78 is 18.6. The van der Waals surface area contributed by atoms with Gasteiger partial charge in [0, 0.05) is 24.3 Å². The van der Waals surface area contributed by atoms with Gasteiger partial charge in [-0.05, 0) is 19.1 Å². The Morgan fingerprint density at radius 3 is 3.12 bits per heavy atom. The van der Waals surface area contributed by atoms with E-state index in [9.17, 15) is 9.18 Å². The van der Waals surface area contributed by atoms with Crippen molar-refractivity contribution in [2.75, 3.05) is 25.0 Å². The van der Waals surface area contributed by atoms with Crippen molar-refractivity contribution in [3.05, 3.63) is 29.6 Å². The first kappa shape index (κ1) is 12.0. The van der Waals surface area contributed by atoms with Gasteiger partial charge < -0.3 is 15.4 Å². The van der Waals surface area contributed by atoms with Crippen LogP contribution in [0.2, 0.25) is 0 Å². The first-order valence-electron chi connectivity index (χ1n) is 5.57. The monoisotopic (exact) mass is 238 g/mol. The Morgan fingerprint density at radius 2 is 2.41 bits per heavy atom. The van der Waals surface area contributed by atoms with Gasteiger partial charge in [0.2, 0.25) is 0 Å². The van der Waals surface area contributed by atoms with E-state index in [-0.39, 0.29) is 11.7 Å². The maximum absolute atomic E-state index is 13.3. The van der Waals surface area contributed by atoms with E-state index in [1.165, 1.54) is 6.07 Å². The van der Waals surface area contributed by atoms with Crippen molar-refractivity contribution in [1.29, 1.82) is 0 Å². The van der Waals surface area contributed by atoms with Crippen molar-refractivity contribution in [2.24, 2.45) is 0 Å². The molecule has 5 heteroatoms. The fourth-order valence-electron chi connectivity index (χ4n) is 1.69. The number of nitrogens with one attached hydrogen (secondary N) is 2. The summed E-state index contributed by atoms with van der Waals surface area (Å²) in [6.07, 6.45) is -0.508. The number of benzene rings is 1. The Hall–Kier alpha value is -1.46. The molecule has 0 aliphatic carbocycles. The van der Waals surface area contributed by atoms with E-state index in [4.69, 9.17) is 4.74 Å². The molecular weight excluding hydrogens is 223 g/mol. The second-order valence-corrected chi connectivity index (χ2v) is 3.97. The van der Waals surface area contributed by atoms with E-state index >= 15 is 0 Å². The van der Waals surface area contributed by atoms with Crippen molar-refractivity contribution in [2.45, 2.75) is 13.0 Å². The van der Waals surface area contributed by atoms with Crippen molar-refractivity contribution < 1.29 is 13.9 Å². The van der Waals surface area contributed by atoms with E-state index in [2.05, 4.69) is 10.6 Å². The van der Waals surface area contributed by atoms with E-state index in [0.29, 0.717) is 24.4 Å². The lowest BCUT2D eigenvalue weighted by atomic mass is 10.2. The van der Waals surface area contributed by atoms with Crippen LogP contribution in [-0.2, 0) is 9.53 Å². The van der Waals surface area contributed by atoms with Crippen LogP contribution in [0.15, 0.2) is 18.2 Å². The van der Waals surface area contributed by atoms with E-state index in [1.807, 2.05) is 0 Å². The number of halogens is 1. The Labute approximate surface area is 99.2 Å². The Morgan fingerprint density at radius 1 is 1.59 bits per heavy atom. The summed E-state index contributed by atoms with van der Waals surface area (Å²) in [7, 11) is 0. The predicted octanol–water partition coefficient (Wildman–Crippen LogP) is 1.06. The largest absolute Gasteiger partial charge is 0.366 e. The van der Waals surface area contributed by atoms with Crippen molar-refractivity contribution in [3.8, 4) is 0 Å². The molecule has 17 heavy (non-hydrogen) atoms. The maximum atomic E-state index is 13.3. The molecule has 1 aromatic rings. The minimum atomic E-state index is -0.508. The third-order valence-corrected chi connectivity index (χ3v) is 2.75. The van der Waals surface area contributed by atoms with Gasteiger partial charge in [-0.3, -0.25) is 4.79 Å². The van der Waals surface area contributed by atoms with Gasteiger partial charge >= 0.3 is 0 Å². The quantitative estimate of drug-likeness (QED) is 0.810. The number of morpholine rings is 1. The van der Waals surface area contributed by atoms with E-state index in [1.54, 1.807) is 19.1 Å². The van der Waals surface area contributed by atoms with Crippen LogP contribution >= 0.6 is 0 Å². The Bertz CT molecular complexity index is 417. The molecule has 0 aromatic heterocycles. The molecule has 1 aliphatic heterocycles. The highest BCUT2D eigenvalue weighted by atomic mass is 19.1. The van der Waals surface area contributed by atoms with Gasteiger partial charge in [0.15, 0.2) is 0 Å². The first-order valence-corrected chi connectivity index (χ1v) is 5.57. The van der Waals surface area contributed by atoms with Crippen LogP contribution in [0.25, 0.3) is 0 Å². The van der Waals surface area contributed by atoms with Crippen molar-refractivity contribution in [1.82, 2.24) is 5.32 Å². The summed E-state index contributed by atoms with van der Waals surface area (Å²) in [5.41, 5.74) is 0.925. The molecule has 4 nitrogen and oxygen atoms in total. The molecule has 1 unspecified atom stereocenters. The molecule has 1 amide bonds. The minimum Gasteiger partial charge on any atom is -0.366 e. The highest BCUT2D eigenvalue weighted by Crippen LogP contribution is 2.17. The summed E-state index contributed by atoms with van der Waals surface area (Å²) >= 11 is 0. The third-order valence-electron chi connectivity index (χ3n) is 2.75. The van der Waals surface area contributed by atoms with Crippen LogP contribution in [0.1, 0.15) is 5.56 Å². The van der Waals surface area contributed by atoms with Crippen LogP contribution < -0.4 is 10.6 Å². The number of rotatable bonds is 2. The van der Waals surface area contributed by atoms with Crippen LogP contribution in [0.5, 0.6) is 0 Å². The molecule has 92 valence electrons. The summed E-state index contributed by atoms with van der Waals surface area (Å²) in [5.74, 6) is -0.573. The topological polar surface area (TPSA) is 50.4 Å². The lowest BCUT2D eigenvalue weighted by Crippen LogP contribution is -2.45. The van der Waals surface area contributed by atoms with Gasteiger partial charge in [-0.2, -0.15) is 0 Å². The van der Waals surface area contributed by atoms with Crippen molar-refractivity contribution >= 4 is 11.6 Å². The average Bonchev–Trinajstić information content (AvgIpc) is 2.36. The zero-order valence-electron chi connectivity index (χ0n) is 9.63. The minimum absolute atomic E-state index is 0.245. The van der Waals surface area contributed by atoms with Gasteiger partial charge in [0.1, 0.15) is 11.9 Å². The molecule has 1 heterocycles. The molecular formula is C12H15FN2O2. The Kier molecular flexibility index (Phi) is 3.71. The summed E-state index contributed by atoms with van der Waals surface area (Å²) in [5, 5.41) is 5.74. The second kappa shape index (κ2) is 5.25. The standard InChI is InChI=1S/C12H15FN2O2/c1-8-9(13)3-2-4-10(8)15-12(16)11-7-14-5-6-17-11/h2-4,11,14H,5-7H2,1H3,(H,15,16). The lowest BCUT2D eigenvalue weighted by Gasteiger charge is -2.23. The zero-order valence-corrected chi connectivity index (χ0v) is 9.63. The summed E-state index contributed by atoms with van der Waals surface area (Å²) in [6, 6.07) is 4.61. The molecule has 1 atom stereocenters. The number of amides is 1. The number of carbonyl (C=O) groups excluding carboxylic acids is 1. The number of anilines is 1. The van der Waals surface area contributed by atoms with Crippen LogP contribution in [0.3, 0.4) is 0 Å². The van der Waals surface area contributed by atoms with Crippen molar-refractivity contribution in [3.63, 3.8) is 0 Å². The average molecular weight is 238 g/mol. The van der Waals surface area contributed by atoms with Gasteiger partial charge in [-0.25, -0.2) is 4.39 Å². The van der Waals surface area contributed by atoms with Crippen LogP contribution in [0.4, 0.5) is 10.1 Å². The molecule has 0 radical (unpaired) electrons. The number of ether oxygens (including phenoxy) is 1. The normalized spacial score (nSPS) is 20.0. The number of carbonyl (C=O) groups is 1. The zero-order chi connectivity index (χ0) is 12.3. The molecule has 2 N–H and O–H groups in total. The maximum Gasteiger partial charge on any atom is 0.254 e. The van der Waals surface area contributed by atoms with Crippen LogP contribution in [-0.4, -0.2) is 31.7 Å². The molecule has 2 rings (SSSR count). The van der Waals surface area contributed by atoms with E-state index < -0.39 is 6.10 Å². The smallest absolute Gasteiger partial charge is 0.254 e. The highest BCUT2D eigenvalue weighted by molar-refractivity contribution is 5.95. The third kappa shape index (κ3) is 2.81. The molecule has 1 saturated heterocycles. The lowest BCUT2D eigenvalue weighted by molar-refractivity contribution is -0.128. The summed E-state index contributed by atoms with van der Waals surface area (Å²) in [6.45, 7) is 3.38. The molecule has 1 aromatic carbocycles.